The summed E-state index contributed by atoms with van der Waals surface area (Å²) in [6.07, 6.45) is 0.221. The van der Waals surface area contributed by atoms with Gasteiger partial charge in [-0.15, -0.1) is 0 Å². The molecule has 1 aliphatic rings. The molecular formula is C15H11BrO2. The van der Waals surface area contributed by atoms with E-state index in [1.54, 1.807) is 0 Å². The molecule has 0 N–H and O–H groups in total. The smallest absolute Gasteiger partial charge is 0.170 e. The summed E-state index contributed by atoms with van der Waals surface area (Å²) in [4.78, 5) is 12.1. The van der Waals surface area contributed by atoms with Crippen molar-refractivity contribution in [3.8, 4) is 5.75 Å². The van der Waals surface area contributed by atoms with E-state index in [2.05, 4.69) is 15.9 Å². The van der Waals surface area contributed by atoms with Crippen molar-refractivity contribution in [3.05, 3.63) is 64.1 Å². The van der Waals surface area contributed by atoms with Crippen LogP contribution in [0.25, 0.3) is 0 Å². The zero-order chi connectivity index (χ0) is 12.5. The lowest BCUT2D eigenvalue weighted by Crippen LogP contribution is -2.20. The van der Waals surface area contributed by atoms with Crippen LogP contribution in [0.15, 0.2) is 53.0 Å². The minimum atomic E-state index is -0.180. The molecule has 0 aliphatic carbocycles. The first-order valence-electron chi connectivity index (χ1n) is 5.78. The summed E-state index contributed by atoms with van der Waals surface area (Å²) < 4.78 is 6.84. The van der Waals surface area contributed by atoms with Crippen molar-refractivity contribution in [3.63, 3.8) is 0 Å². The van der Waals surface area contributed by atoms with Crippen molar-refractivity contribution in [1.29, 1.82) is 0 Å². The van der Waals surface area contributed by atoms with E-state index in [9.17, 15) is 4.79 Å². The molecule has 2 aromatic carbocycles. The van der Waals surface area contributed by atoms with E-state index in [1.807, 2.05) is 48.5 Å². The van der Waals surface area contributed by atoms with Gasteiger partial charge in [0.05, 0.1) is 12.0 Å². The fraction of sp³-hybridized carbons (Fsp3) is 0.133. The van der Waals surface area contributed by atoms with Gasteiger partial charge in [0.15, 0.2) is 5.78 Å². The molecule has 0 fully saturated rings. The second kappa shape index (κ2) is 4.58. The quantitative estimate of drug-likeness (QED) is 0.791. The van der Waals surface area contributed by atoms with E-state index in [0.29, 0.717) is 17.7 Å². The maximum atomic E-state index is 12.1. The van der Waals surface area contributed by atoms with Crippen LogP contribution in [0.1, 0.15) is 28.4 Å². The van der Waals surface area contributed by atoms with Crippen LogP contribution < -0.4 is 4.74 Å². The maximum absolute atomic E-state index is 12.1. The third-order valence-corrected chi connectivity index (χ3v) is 3.55. The summed E-state index contributed by atoms with van der Waals surface area (Å²) in [6.45, 7) is 0. The van der Waals surface area contributed by atoms with Crippen molar-refractivity contribution in [2.45, 2.75) is 12.5 Å². The molecule has 2 aromatic rings. The Balaban J connectivity index is 1.98. The molecule has 3 heteroatoms. The van der Waals surface area contributed by atoms with Gasteiger partial charge >= 0.3 is 0 Å². The molecule has 0 aromatic heterocycles. The number of carbonyl (C=O) groups is 1. The van der Waals surface area contributed by atoms with Crippen LogP contribution in [0.4, 0.5) is 0 Å². The second-order valence-corrected chi connectivity index (χ2v) is 5.20. The predicted octanol–water partition coefficient (Wildman–Crippen LogP) is 4.16. The summed E-state index contributed by atoms with van der Waals surface area (Å²) in [5, 5.41) is 0. The molecule has 0 radical (unpaired) electrons. The van der Waals surface area contributed by atoms with Gasteiger partial charge < -0.3 is 4.74 Å². The molecule has 0 saturated heterocycles. The SMILES string of the molecule is O=C1C[C@@H](c2ccccc2)Oc2cc(Br)ccc21. The van der Waals surface area contributed by atoms with E-state index >= 15 is 0 Å². The Morgan fingerprint density at radius 1 is 1.11 bits per heavy atom. The molecule has 0 unspecified atom stereocenters. The van der Waals surface area contributed by atoms with Gasteiger partial charge in [-0.2, -0.15) is 0 Å². The van der Waals surface area contributed by atoms with Gasteiger partial charge in [-0.05, 0) is 23.8 Å². The zero-order valence-electron chi connectivity index (χ0n) is 9.60. The van der Waals surface area contributed by atoms with E-state index in [1.165, 1.54) is 0 Å². The topological polar surface area (TPSA) is 26.3 Å². The highest BCUT2D eigenvalue weighted by Gasteiger charge is 2.27. The maximum Gasteiger partial charge on any atom is 0.170 e. The Labute approximate surface area is 114 Å². The van der Waals surface area contributed by atoms with E-state index in [0.717, 1.165) is 10.0 Å². The molecule has 0 spiro atoms. The number of hydrogen-bond acceptors (Lipinski definition) is 2. The summed E-state index contributed by atoms with van der Waals surface area (Å²) in [5.41, 5.74) is 1.71. The molecule has 2 nitrogen and oxygen atoms in total. The van der Waals surface area contributed by atoms with Gasteiger partial charge in [-0.3, -0.25) is 4.79 Å². The van der Waals surface area contributed by atoms with Crippen molar-refractivity contribution < 1.29 is 9.53 Å². The Hall–Kier alpha value is -1.61. The minimum Gasteiger partial charge on any atom is -0.484 e. The van der Waals surface area contributed by atoms with E-state index in [-0.39, 0.29) is 11.9 Å². The number of ketones is 1. The predicted molar refractivity (Wildman–Crippen MR) is 72.9 cm³/mol. The van der Waals surface area contributed by atoms with Crippen LogP contribution in [-0.2, 0) is 0 Å². The number of fused-ring (bicyclic) bond motifs is 1. The lowest BCUT2D eigenvalue weighted by Gasteiger charge is -2.25. The fourth-order valence-electron chi connectivity index (χ4n) is 2.15. The van der Waals surface area contributed by atoms with Gasteiger partial charge in [0.25, 0.3) is 0 Å². The largest absolute Gasteiger partial charge is 0.484 e. The van der Waals surface area contributed by atoms with Gasteiger partial charge in [-0.25, -0.2) is 0 Å². The molecule has 0 amide bonds. The normalized spacial score (nSPS) is 18.1. The standard InChI is InChI=1S/C15H11BrO2/c16-11-6-7-12-13(17)9-14(18-15(12)8-11)10-4-2-1-3-5-10/h1-8,14H,9H2/t14-/m0/s1. The second-order valence-electron chi connectivity index (χ2n) is 4.28. The number of ether oxygens (including phenoxy) is 1. The first-order valence-corrected chi connectivity index (χ1v) is 6.58. The van der Waals surface area contributed by atoms with Gasteiger partial charge in [0.2, 0.25) is 0 Å². The summed E-state index contributed by atoms with van der Waals surface area (Å²) in [6, 6.07) is 15.4. The fourth-order valence-corrected chi connectivity index (χ4v) is 2.49. The highest BCUT2D eigenvalue weighted by molar-refractivity contribution is 9.10. The molecule has 90 valence electrons. The number of Topliss-reactive ketones (excluding diaryl/α,β-unsaturated/α-hetero) is 1. The lowest BCUT2D eigenvalue weighted by molar-refractivity contribution is 0.0850. The highest BCUT2D eigenvalue weighted by atomic mass is 79.9. The van der Waals surface area contributed by atoms with Crippen LogP contribution >= 0.6 is 15.9 Å². The number of benzene rings is 2. The lowest BCUT2D eigenvalue weighted by atomic mass is 9.96. The molecule has 3 rings (SSSR count). The van der Waals surface area contributed by atoms with Crippen LogP contribution in [0.5, 0.6) is 5.75 Å². The molecule has 0 bridgehead atoms. The average Bonchev–Trinajstić information content (AvgIpc) is 2.39. The zero-order valence-corrected chi connectivity index (χ0v) is 11.2. The average molecular weight is 303 g/mol. The van der Waals surface area contributed by atoms with Crippen LogP contribution in [0, 0.1) is 0 Å². The number of hydrogen-bond donors (Lipinski definition) is 0. The third kappa shape index (κ3) is 2.06. The van der Waals surface area contributed by atoms with E-state index in [4.69, 9.17) is 4.74 Å². The Kier molecular flexibility index (Phi) is 2.92. The summed E-state index contributed by atoms with van der Waals surface area (Å²) in [5.74, 6) is 0.798. The Morgan fingerprint density at radius 2 is 1.89 bits per heavy atom. The molecule has 1 heterocycles. The summed E-state index contributed by atoms with van der Waals surface area (Å²) >= 11 is 3.40. The highest BCUT2D eigenvalue weighted by Crippen LogP contribution is 2.36. The first-order chi connectivity index (χ1) is 8.74. The summed E-state index contributed by atoms with van der Waals surface area (Å²) in [7, 11) is 0. The Morgan fingerprint density at radius 3 is 2.67 bits per heavy atom. The van der Waals surface area contributed by atoms with Crippen molar-refractivity contribution in [2.24, 2.45) is 0 Å². The number of rotatable bonds is 1. The molecule has 18 heavy (non-hydrogen) atoms. The monoisotopic (exact) mass is 302 g/mol. The molecular weight excluding hydrogens is 292 g/mol. The van der Waals surface area contributed by atoms with Crippen molar-refractivity contribution in [2.75, 3.05) is 0 Å². The molecule has 1 atom stereocenters. The number of halogens is 1. The van der Waals surface area contributed by atoms with Crippen LogP contribution in [0.3, 0.4) is 0 Å². The van der Waals surface area contributed by atoms with Crippen LogP contribution in [0.2, 0.25) is 0 Å². The molecule has 1 aliphatic heterocycles. The van der Waals surface area contributed by atoms with Crippen molar-refractivity contribution in [1.82, 2.24) is 0 Å². The van der Waals surface area contributed by atoms with Gasteiger partial charge in [0.1, 0.15) is 11.9 Å². The minimum absolute atomic E-state index is 0.137. The van der Waals surface area contributed by atoms with Gasteiger partial charge in [0, 0.05) is 4.47 Å². The first kappa shape index (κ1) is 11.5. The third-order valence-electron chi connectivity index (χ3n) is 3.06. The van der Waals surface area contributed by atoms with Crippen LogP contribution in [-0.4, -0.2) is 5.78 Å². The Bertz CT molecular complexity index is 593. The van der Waals surface area contributed by atoms with Crippen molar-refractivity contribution >= 4 is 21.7 Å². The number of carbonyl (C=O) groups excluding carboxylic acids is 1. The van der Waals surface area contributed by atoms with Gasteiger partial charge in [-0.1, -0.05) is 46.3 Å². The van der Waals surface area contributed by atoms with E-state index < -0.39 is 0 Å². The molecule has 0 saturated carbocycles.